The Morgan fingerprint density at radius 1 is 1.35 bits per heavy atom. The van der Waals surface area contributed by atoms with Gasteiger partial charge in [-0.1, -0.05) is 13.8 Å². The van der Waals surface area contributed by atoms with Crippen LogP contribution in [0.25, 0.3) is 0 Å². The van der Waals surface area contributed by atoms with Crippen molar-refractivity contribution in [3.63, 3.8) is 0 Å². The fourth-order valence-electron chi connectivity index (χ4n) is 2.56. The Balaban J connectivity index is 1.51. The lowest BCUT2D eigenvalue weighted by atomic mass is 10.2. The molecular formula is C15H23N7S. The molecule has 0 saturated heterocycles. The molecule has 1 aliphatic heterocycles. The molecule has 0 aliphatic carbocycles. The SMILES string of the molecule is CN=C(NCc1nc(C(C)C)cs1)NCc1nnc2n1CCC2. The van der Waals surface area contributed by atoms with Crippen LogP contribution in [0, 0.1) is 0 Å². The van der Waals surface area contributed by atoms with Crippen LogP contribution in [0.5, 0.6) is 0 Å². The van der Waals surface area contributed by atoms with E-state index in [0.29, 0.717) is 19.0 Å². The van der Waals surface area contributed by atoms with Crippen molar-refractivity contribution >= 4 is 17.3 Å². The predicted molar refractivity (Wildman–Crippen MR) is 91.6 cm³/mol. The molecule has 0 amide bonds. The zero-order chi connectivity index (χ0) is 16.2. The predicted octanol–water partition coefficient (Wildman–Crippen LogP) is 1.67. The molecule has 0 unspecified atom stereocenters. The summed E-state index contributed by atoms with van der Waals surface area (Å²) in [6.45, 7) is 6.63. The minimum Gasteiger partial charge on any atom is -0.350 e. The van der Waals surface area contributed by atoms with Crippen LogP contribution in [0.1, 0.15) is 48.5 Å². The minimum atomic E-state index is 0.465. The minimum absolute atomic E-state index is 0.465. The van der Waals surface area contributed by atoms with Gasteiger partial charge >= 0.3 is 0 Å². The molecular weight excluding hydrogens is 310 g/mol. The number of aliphatic imine (C=N–C) groups is 1. The second-order valence-corrected chi connectivity index (χ2v) is 6.83. The number of nitrogens with one attached hydrogen (secondary N) is 2. The summed E-state index contributed by atoms with van der Waals surface area (Å²) < 4.78 is 2.19. The van der Waals surface area contributed by atoms with Gasteiger partial charge in [0.2, 0.25) is 0 Å². The van der Waals surface area contributed by atoms with Gasteiger partial charge in [-0.05, 0) is 12.3 Å². The van der Waals surface area contributed by atoms with Gasteiger partial charge in [0, 0.05) is 25.4 Å². The van der Waals surface area contributed by atoms with Gasteiger partial charge in [-0.15, -0.1) is 21.5 Å². The number of hydrogen-bond acceptors (Lipinski definition) is 5. The van der Waals surface area contributed by atoms with E-state index in [4.69, 9.17) is 0 Å². The Kier molecular flexibility index (Phi) is 4.90. The molecule has 7 nitrogen and oxygen atoms in total. The van der Waals surface area contributed by atoms with E-state index in [0.717, 1.165) is 47.7 Å². The van der Waals surface area contributed by atoms with Gasteiger partial charge in [-0.2, -0.15) is 0 Å². The zero-order valence-corrected chi connectivity index (χ0v) is 14.7. The Labute approximate surface area is 140 Å². The summed E-state index contributed by atoms with van der Waals surface area (Å²) in [5.41, 5.74) is 1.15. The third-order valence-electron chi connectivity index (χ3n) is 3.89. The second-order valence-electron chi connectivity index (χ2n) is 5.89. The molecule has 3 heterocycles. The van der Waals surface area contributed by atoms with E-state index in [1.165, 1.54) is 0 Å². The highest BCUT2D eigenvalue weighted by atomic mass is 32.1. The molecule has 3 rings (SSSR count). The number of rotatable bonds is 5. The molecule has 0 radical (unpaired) electrons. The third kappa shape index (κ3) is 3.69. The quantitative estimate of drug-likeness (QED) is 0.643. The summed E-state index contributed by atoms with van der Waals surface area (Å²) in [6, 6.07) is 0. The van der Waals surface area contributed by atoms with Crippen LogP contribution < -0.4 is 10.6 Å². The summed E-state index contributed by atoms with van der Waals surface area (Å²) in [5.74, 6) is 3.28. The van der Waals surface area contributed by atoms with E-state index >= 15 is 0 Å². The second kappa shape index (κ2) is 7.08. The summed E-state index contributed by atoms with van der Waals surface area (Å²) in [4.78, 5) is 8.87. The first-order valence-corrected chi connectivity index (χ1v) is 8.85. The van der Waals surface area contributed by atoms with E-state index in [1.807, 2.05) is 0 Å². The maximum atomic E-state index is 4.62. The Hall–Kier alpha value is -1.96. The van der Waals surface area contributed by atoms with Crippen LogP contribution in [0.4, 0.5) is 0 Å². The normalized spacial score (nSPS) is 14.3. The number of hydrogen-bond donors (Lipinski definition) is 2. The average Bonchev–Trinajstić information content (AvgIpc) is 3.24. The number of nitrogens with zero attached hydrogens (tertiary/aromatic N) is 5. The van der Waals surface area contributed by atoms with Crippen LogP contribution in [0.2, 0.25) is 0 Å². The zero-order valence-electron chi connectivity index (χ0n) is 13.8. The number of aryl methyl sites for hydroxylation is 1. The monoisotopic (exact) mass is 333 g/mol. The lowest BCUT2D eigenvalue weighted by molar-refractivity contribution is 0.662. The average molecular weight is 333 g/mol. The highest BCUT2D eigenvalue weighted by Gasteiger charge is 2.17. The van der Waals surface area contributed by atoms with Crippen molar-refractivity contribution in [2.45, 2.75) is 52.2 Å². The molecule has 0 aromatic carbocycles. The molecule has 0 atom stereocenters. The first-order valence-electron chi connectivity index (χ1n) is 7.97. The summed E-state index contributed by atoms with van der Waals surface area (Å²) in [7, 11) is 1.77. The van der Waals surface area contributed by atoms with Gasteiger partial charge in [0.15, 0.2) is 11.8 Å². The number of guanidine groups is 1. The van der Waals surface area contributed by atoms with E-state index in [2.05, 4.69) is 54.6 Å². The smallest absolute Gasteiger partial charge is 0.191 e. The molecule has 1 aliphatic rings. The molecule has 2 N–H and O–H groups in total. The molecule has 2 aromatic heterocycles. The van der Waals surface area contributed by atoms with Crippen LogP contribution in [-0.4, -0.2) is 32.8 Å². The first-order chi connectivity index (χ1) is 11.2. The van der Waals surface area contributed by atoms with E-state index < -0.39 is 0 Å². The van der Waals surface area contributed by atoms with Crippen molar-refractivity contribution in [3.05, 3.63) is 27.7 Å². The molecule has 0 spiro atoms. The highest BCUT2D eigenvalue weighted by Crippen LogP contribution is 2.17. The summed E-state index contributed by atoms with van der Waals surface area (Å²) in [5, 5.41) is 18.2. The van der Waals surface area contributed by atoms with Gasteiger partial charge in [0.25, 0.3) is 0 Å². The van der Waals surface area contributed by atoms with Crippen molar-refractivity contribution < 1.29 is 0 Å². The molecule has 124 valence electrons. The van der Waals surface area contributed by atoms with Crippen LogP contribution in [0.15, 0.2) is 10.4 Å². The van der Waals surface area contributed by atoms with Crippen LogP contribution in [-0.2, 0) is 26.1 Å². The van der Waals surface area contributed by atoms with E-state index in [9.17, 15) is 0 Å². The molecule has 2 aromatic rings. The fraction of sp³-hybridized carbons (Fsp3) is 0.600. The van der Waals surface area contributed by atoms with Crippen LogP contribution >= 0.6 is 11.3 Å². The number of fused-ring (bicyclic) bond motifs is 1. The standard InChI is InChI=1S/C15H23N7S/c1-10(2)11-9-23-14(19-11)8-18-15(16-3)17-7-13-21-20-12-5-4-6-22(12)13/h9-10H,4-8H2,1-3H3,(H2,16,17,18). The van der Waals surface area contributed by atoms with Crippen molar-refractivity contribution in [1.29, 1.82) is 0 Å². The largest absolute Gasteiger partial charge is 0.350 e. The van der Waals surface area contributed by atoms with Gasteiger partial charge in [0.05, 0.1) is 18.8 Å². The maximum Gasteiger partial charge on any atom is 0.191 e. The maximum absolute atomic E-state index is 4.62. The van der Waals surface area contributed by atoms with Crippen LogP contribution in [0.3, 0.4) is 0 Å². The van der Waals surface area contributed by atoms with Gasteiger partial charge in [0.1, 0.15) is 10.8 Å². The highest BCUT2D eigenvalue weighted by molar-refractivity contribution is 7.09. The summed E-state index contributed by atoms with van der Waals surface area (Å²) in [6.07, 6.45) is 2.19. The molecule has 0 saturated carbocycles. The molecule has 8 heteroatoms. The van der Waals surface area contributed by atoms with Crippen molar-refractivity contribution in [2.24, 2.45) is 4.99 Å². The van der Waals surface area contributed by atoms with Crippen molar-refractivity contribution in [2.75, 3.05) is 7.05 Å². The van der Waals surface area contributed by atoms with Crippen molar-refractivity contribution in [3.8, 4) is 0 Å². The topological polar surface area (TPSA) is 80.0 Å². The Bertz CT molecular complexity index is 686. The van der Waals surface area contributed by atoms with Gasteiger partial charge < -0.3 is 15.2 Å². The molecule has 0 fully saturated rings. The lowest BCUT2D eigenvalue weighted by Gasteiger charge is -2.10. The third-order valence-corrected chi connectivity index (χ3v) is 4.76. The van der Waals surface area contributed by atoms with E-state index in [-0.39, 0.29) is 0 Å². The lowest BCUT2D eigenvalue weighted by Crippen LogP contribution is -2.37. The number of aromatic nitrogens is 4. The molecule has 0 bridgehead atoms. The summed E-state index contributed by atoms with van der Waals surface area (Å²) >= 11 is 1.68. The van der Waals surface area contributed by atoms with Crippen molar-refractivity contribution in [1.82, 2.24) is 30.4 Å². The first kappa shape index (κ1) is 15.9. The fourth-order valence-corrected chi connectivity index (χ4v) is 3.45. The van der Waals surface area contributed by atoms with Gasteiger partial charge in [-0.3, -0.25) is 4.99 Å². The van der Waals surface area contributed by atoms with E-state index in [1.54, 1.807) is 18.4 Å². The number of thiazole rings is 1. The Morgan fingerprint density at radius 3 is 2.91 bits per heavy atom. The Morgan fingerprint density at radius 2 is 2.17 bits per heavy atom. The van der Waals surface area contributed by atoms with Gasteiger partial charge in [-0.25, -0.2) is 4.98 Å². The molecule has 23 heavy (non-hydrogen) atoms.